The summed E-state index contributed by atoms with van der Waals surface area (Å²) in [6.45, 7) is 11.0. The van der Waals surface area contributed by atoms with Crippen LogP contribution in [0.1, 0.15) is 32.3 Å². The highest BCUT2D eigenvalue weighted by atomic mass is 16.5. The normalized spacial score (nSPS) is 17.3. The summed E-state index contributed by atoms with van der Waals surface area (Å²) in [6, 6.07) is 11.1. The number of morpholine rings is 1. The van der Waals surface area contributed by atoms with Crippen molar-refractivity contribution in [3.63, 3.8) is 0 Å². The molecule has 140 valence electrons. The Morgan fingerprint density at radius 1 is 1.24 bits per heavy atom. The summed E-state index contributed by atoms with van der Waals surface area (Å²) in [5, 5.41) is 6.89. The lowest BCUT2D eigenvalue weighted by atomic mass is 10.1. The van der Waals surface area contributed by atoms with Crippen LogP contribution in [0.4, 0.5) is 0 Å². The Balaban J connectivity index is 1.68. The monoisotopic (exact) mass is 346 g/mol. The molecule has 0 aromatic heterocycles. The minimum absolute atomic E-state index is 0.400. The number of guanidine groups is 1. The summed E-state index contributed by atoms with van der Waals surface area (Å²) < 4.78 is 5.39. The topological polar surface area (TPSA) is 48.9 Å². The Kier molecular flexibility index (Phi) is 9.37. The maximum Gasteiger partial charge on any atom is 0.191 e. The van der Waals surface area contributed by atoms with Gasteiger partial charge < -0.3 is 15.4 Å². The second-order valence-corrected chi connectivity index (χ2v) is 6.64. The molecule has 0 radical (unpaired) electrons. The minimum Gasteiger partial charge on any atom is -0.379 e. The molecule has 0 aliphatic carbocycles. The molecule has 1 aliphatic rings. The van der Waals surface area contributed by atoms with Crippen LogP contribution in [0.2, 0.25) is 0 Å². The zero-order valence-electron chi connectivity index (χ0n) is 15.8. The Morgan fingerprint density at radius 3 is 2.72 bits per heavy atom. The van der Waals surface area contributed by atoms with E-state index in [9.17, 15) is 0 Å². The summed E-state index contributed by atoms with van der Waals surface area (Å²) in [6.07, 6.45) is 3.28. The average Bonchev–Trinajstić information content (AvgIpc) is 2.65. The molecule has 1 unspecified atom stereocenters. The summed E-state index contributed by atoms with van der Waals surface area (Å²) >= 11 is 0. The third kappa shape index (κ3) is 8.36. The number of hydrogen-bond donors (Lipinski definition) is 2. The molecule has 5 heteroatoms. The number of benzene rings is 1. The number of aliphatic imine (C=N–C) groups is 1. The van der Waals surface area contributed by atoms with Gasteiger partial charge in [0.2, 0.25) is 0 Å². The van der Waals surface area contributed by atoms with Crippen molar-refractivity contribution in [2.24, 2.45) is 4.99 Å². The lowest BCUT2D eigenvalue weighted by Gasteiger charge is -2.26. The average molecular weight is 347 g/mol. The molecule has 2 rings (SSSR count). The molecule has 5 nitrogen and oxygen atoms in total. The van der Waals surface area contributed by atoms with Gasteiger partial charge in [-0.1, -0.05) is 30.3 Å². The maximum atomic E-state index is 5.39. The van der Waals surface area contributed by atoms with Crippen LogP contribution in [0.15, 0.2) is 35.3 Å². The highest BCUT2D eigenvalue weighted by Crippen LogP contribution is 2.04. The number of rotatable bonds is 9. The third-order valence-corrected chi connectivity index (χ3v) is 4.44. The van der Waals surface area contributed by atoms with Crippen molar-refractivity contribution in [3.05, 3.63) is 35.9 Å². The van der Waals surface area contributed by atoms with E-state index in [1.807, 2.05) is 0 Å². The molecular weight excluding hydrogens is 312 g/mol. The smallest absolute Gasteiger partial charge is 0.191 e. The van der Waals surface area contributed by atoms with Crippen molar-refractivity contribution >= 4 is 5.96 Å². The van der Waals surface area contributed by atoms with E-state index in [2.05, 4.69) is 59.7 Å². The summed E-state index contributed by atoms with van der Waals surface area (Å²) in [5.41, 5.74) is 1.39. The molecule has 0 spiro atoms. The molecule has 0 amide bonds. The summed E-state index contributed by atoms with van der Waals surface area (Å²) in [4.78, 5) is 7.19. The van der Waals surface area contributed by atoms with Gasteiger partial charge in [-0.15, -0.1) is 0 Å². The molecule has 2 N–H and O–H groups in total. The molecule has 1 aromatic rings. The molecule has 1 heterocycles. The second kappa shape index (κ2) is 11.9. The fraction of sp³-hybridized carbons (Fsp3) is 0.650. The van der Waals surface area contributed by atoms with Crippen LogP contribution in [0.5, 0.6) is 0 Å². The molecule has 25 heavy (non-hydrogen) atoms. The number of ether oxygens (including phenoxy) is 1. The highest BCUT2D eigenvalue weighted by Gasteiger charge is 2.09. The first-order valence-corrected chi connectivity index (χ1v) is 9.67. The largest absolute Gasteiger partial charge is 0.379 e. The Hall–Kier alpha value is -1.59. The second-order valence-electron chi connectivity index (χ2n) is 6.64. The molecular formula is C20H34N4O. The van der Waals surface area contributed by atoms with E-state index in [1.165, 1.54) is 5.56 Å². The van der Waals surface area contributed by atoms with Gasteiger partial charge in [-0.2, -0.15) is 0 Å². The first-order valence-electron chi connectivity index (χ1n) is 9.67. The van der Waals surface area contributed by atoms with Crippen LogP contribution in [-0.4, -0.2) is 62.8 Å². The van der Waals surface area contributed by atoms with E-state index in [-0.39, 0.29) is 0 Å². The molecule has 1 atom stereocenters. The Bertz CT molecular complexity index is 486. The van der Waals surface area contributed by atoms with Gasteiger partial charge in [-0.3, -0.25) is 9.89 Å². The molecule has 1 aliphatic heterocycles. The van der Waals surface area contributed by atoms with E-state index in [1.54, 1.807) is 0 Å². The van der Waals surface area contributed by atoms with E-state index in [0.717, 1.165) is 71.2 Å². The van der Waals surface area contributed by atoms with Crippen LogP contribution in [-0.2, 0) is 11.2 Å². The number of nitrogens with one attached hydrogen (secondary N) is 2. The van der Waals surface area contributed by atoms with Crippen LogP contribution in [0.3, 0.4) is 0 Å². The minimum atomic E-state index is 0.400. The van der Waals surface area contributed by atoms with Crippen molar-refractivity contribution in [2.75, 3.05) is 45.9 Å². The van der Waals surface area contributed by atoms with Crippen LogP contribution >= 0.6 is 0 Å². The molecule has 0 saturated carbocycles. The summed E-state index contributed by atoms with van der Waals surface area (Å²) in [5.74, 6) is 0.935. The van der Waals surface area contributed by atoms with Gasteiger partial charge in [0.15, 0.2) is 5.96 Å². The van der Waals surface area contributed by atoms with Gasteiger partial charge in [0.05, 0.1) is 13.2 Å². The standard InChI is InChI=1S/C20H34N4O/c1-3-21-20(22-12-7-13-24-14-16-25-17-15-24)23-18(2)10-11-19-8-5-4-6-9-19/h4-6,8-9,18H,3,7,10-17H2,1-2H3,(H2,21,22,23). The van der Waals surface area contributed by atoms with Crippen molar-refractivity contribution in [2.45, 2.75) is 39.2 Å². The fourth-order valence-electron chi connectivity index (χ4n) is 2.96. The zero-order valence-corrected chi connectivity index (χ0v) is 15.8. The lowest BCUT2D eigenvalue weighted by Crippen LogP contribution is -2.42. The van der Waals surface area contributed by atoms with Crippen LogP contribution < -0.4 is 10.6 Å². The number of hydrogen-bond acceptors (Lipinski definition) is 3. The zero-order chi connectivity index (χ0) is 17.7. The first-order chi connectivity index (χ1) is 12.3. The fourth-order valence-corrected chi connectivity index (χ4v) is 2.96. The number of nitrogens with zero attached hydrogens (tertiary/aromatic N) is 2. The predicted molar refractivity (Wildman–Crippen MR) is 105 cm³/mol. The Morgan fingerprint density at radius 2 is 2.00 bits per heavy atom. The predicted octanol–water partition coefficient (Wildman–Crippen LogP) is 2.29. The van der Waals surface area contributed by atoms with Crippen LogP contribution in [0.25, 0.3) is 0 Å². The van der Waals surface area contributed by atoms with E-state index >= 15 is 0 Å². The SMILES string of the molecule is CCNC(=NCCCN1CCOCC1)NC(C)CCc1ccccc1. The molecule has 1 fully saturated rings. The highest BCUT2D eigenvalue weighted by molar-refractivity contribution is 5.80. The van der Waals surface area contributed by atoms with Crippen molar-refractivity contribution in [3.8, 4) is 0 Å². The van der Waals surface area contributed by atoms with E-state index in [0.29, 0.717) is 6.04 Å². The van der Waals surface area contributed by atoms with Gasteiger partial charge in [0.25, 0.3) is 0 Å². The van der Waals surface area contributed by atoms with Gasteiger partial charge in [0, 0.05) is 38.8 Å². The molecule has 1 aromatic carbocycles. The van der Waals surface area contributed by atoms with Gasteiger partial charge in [0.1, 0.15) is 0 Å². The lowest BCUT2D eigenvalue weighted by molar-refractivity contribution is 0.0377. The summed E-state index contributed by atoms with van der Waals surface area (Å²) in [7, 11) is 0. The van der Waals surface area contributed by atoms with E-state index < -0.39 is 0 Å². The van der Waals surface area contributed by atoms with Crippen molar-refractivity contribution in [1.82, 2.24) is 15.5 Å². The number of aryl methyl sites for hydroxylation is 1. The quantitative estimate of drug-likeness (QED) is 0.409. The van der Waals surface area contributed by atoms with Gasteiger partial charge in [-0.05, 0) is 38.7 Å². The van der Waals surface area contributed by atoms with E-state index in [4.69, 9.17) is 9.73 Å². The first kappa shape index (κ1) is 19.7. The van der Waals surface area contributed by atoms with Gasteiger partial charge in [-0.25, -0.2) is 0 Å². The molecule has 1 saturated heterocycles. The third-order valence-electron chi connectivity index (χ3n) is 4.44. The molecule has 0 bridgehead atoms. The van der Waals surface area contributed by atoms with Crippen LogP contribution in [0, 0.1) is 0 Å². The van der Waals surface area contributed by atoms with Crippen molar-refractivity contribution in [1.29, 1.82) is 0 Å². The Labute approximate surface area is 152 Å². The van der Waals surface area contributed by atoms with Crippen molar-refractivity contribution < 1.29 is 4.74 Å². The maximum absolute atomic E-state index is 5.39. The van der Waals surface area contributed by atoms with Gasteiger partial charge >= 0.3 is 0 Å².